The van der Waals surface area contributed by atoms with Gasteiger partial charge in [0.1, 0.15) is 71.9 Å². The van der Waals surface area contributed by atoms with Crippen molar-refractivity contribution in [3.05, 3.63) is 11.6 Å². The first-order valence-electron chi connectivity index (χ1n) is 27.8. The lowest BCUT2D eigenvalue weighted by Gasteiger charge is -2.66. The Bertz CT molecular complexity index is 2060. The van der Waals surface area contributed by atoms with E-state index in [2.05, 4.69) is 6.92 Å². The van der Waals surface area contributed by atoms with Gasteiger partial charge in [0.2, 0.25) is 0 Å². The number of rotatable bonds is 14. The fraction of sp³-hybridized carbons (Fsp3) is 0.926. The largest absolute Gasteiger partial charge is 0.462 e. The second kappa shape index (κ2) is 23.0. The molecule has 0 spiro atoms. The lowest BCUT2D eigenvalue weighted by Crippen LogP contribution is -2.75. The molecule has 0 aromatic rings. The second-order valence-electron chi connectivity index (χ2n) is 24.1. The minimum Gasteiger partial charge on any atom is -0.462 e. The highest BCUT2D eigenvalue weighted by Gasteiger charge is 2.77. The molecule has 0 aromatic heterocycles. The molecule has 0 amide bonds. The van der Waals surface area contributed by atoms with Crippen molar-refractivity contribution in [3.63, 3.8) is 0 Å². The molecule has 440 valence electrons. The van der Waals surface area contributed by atoms with Crippen molar-refractivity contribution < 1.29 is 112 Å². The monoisotopic (exact) mass is 1100 g/mol. The molecular formula is C54H86O23. The third kappa shape index (κ3) is 10.9. The minimum absolute atomic E-state index is 0.00203. The predicted octanol–water partition coefficient (Wildman–Crippen LogP) is 0.289. The van der Waals surface area contributed by atoms with Crippen LogP contribution in [0.1, 0.15) is 126 Å². The first-order valence-corrected chi connectivity index (χ1v) is 27.8. The summed E-state index contributed by atoms with van der Waals surface area (Å²) >= 11 is 0. The average molecular weight is 1100 g/mol. The van der Waals surface area contributed by atoms with Crippen LogP contribution in [0, 0.1) is 22.7 Å². The maximum absolute atomic E-state index is 13.0. The van der Waals surface area contributed by atoms with E-state index in [0.717, 1.165) is 5.57 Å². The Hall–Kier alpha value is -1.92. The number of Topliss-reactive ketones (excluding diaryl/α,β-unsaturated/α-hetero) is 1. The van der Waals surface area contributed by atoms with Crippen molar-refractivity contribution in [2.45, 2.75) is 279 Å². The smallest absolute Gasteiger partial charge is 0.302 e. The summed E-state index contributed by atoms with van der Waals surface area (Å²) in [5, 5.41) is 100. The number of fused-ring (bicyclic) bond motifs is 5. The van der Waals surface area contributed by atoms with Crippen molar-refractivity contribution in [3.8, 4) is 0 Å². The topological polar surface area (TPSA) is 327 Å². The summed E-state index contributed by atoms with van der Waals surface area (Å²) in [5.74, 6) is -1.62. The molecule has 0 bridgehead atoms. The van der Waals surface area contributed by atoms with Gasteiger partial charge in [0.25, 0.3) is 0 Å². The van der Waals surface area contributed by atoms with Gasteiger partial charge in [-0.25, -0.2) is 0 Å². The predicted molar refractivity (Wildman–Crippen MR) is 262 cm³/mol. The van der Waals surface area contributed by atoms with Gasteiger partial charge in [-0.15, -0.1) is 0 Å². The van der Waals surface area contributed by atoms with Crippen LogP contribution in [0.3, 0.4) is 0 Å². The third-order valence-corrected chi connectivity index (χ3v) is 19.5. The van der Waals surface area contributed by atoms with Gasteiger partial charge in [0.05, 0.1) is 61.5 Å². The molecule has 9 rings (SSSR count). The molecule has 9 N–H and O–H groups in total. The summed E-state index contributed by atoms with van der Waals surface area (Å²) < 4.78 is 73.3. The first kappa shape index (κ1) is 59.7. The van der Waals surface area contributed by atoms with Gasteiger partial charge >= 0.3 is 5.97 Å². The Labute approximate surface area is 449 Å². The first-order chi connectivity index (χ1) is 36.3. The van der Waals surface area contributed by atoms with Crippen molar-refractivity contribution in [1.29, 1.82) is 0 Å². The van der Waals surface area contributed by atoms with E-state index < -0.39 is 182 Å². The number of hydrogen-bond donors (Lipinski definition) is 9. The number of esters is 1. The normalized spacial score (nSPS) is 53.1. The fourth-order valence-corrected chi connectivity index (χ4v) is 15.2. The number of ether oxygens (including phenoxy) is 12. The summed E-state index contributed by atoms with van der Waals surface area (Å²) in [6.07, 6.45) is -16.7. The van der Waals surface area contributed by atoms with E-state index in [0.29, 0.717) is 32.1 Å². The van der Waals surface area contributed by atoms with Crippen LogP contribution in [0.2, 0.25) is 0 Å². The molecule has 77 heavy (non-hydrogen) atoms. The van der Waals surface area contributed by atoms with E-state index in [9.17, 15) is 55.5 Å². The molecule has 5 aliphatic heterocycles. The van der Waals surface area contributed by atoms with Gasteiger partial charge in [-0.2, -0.15) is 0 Å². The van der Waals surface area contributed by atoms with Gasteiger partial charge < -0.3 is 103 Å². The van der Waals surface area contributed by atoms with E-state index in [4.69, 9.17) is 56.8 Å². The van der Waals surface area contributed by atoms with Crippen LogP contribution >= 0.6 is 0 Å². The Morgan fingerprint density at radius 2 is 1.17 bits per heavy atom. The molecule has 23 heteroatoms. The molecule has 0 radical (unpaired) electrons. The third-order valence-electron chi connectivity index (χ3n) is 19.5. The van der Waals surface area contributed by atoms with Crippen molar-refractivity contribution >= 4 is 11.8 Å². The Morgan fingerprint density at radius 3 is 1.66 bits per heavy atom. The highest BCUT2D eigenvalue weighted by Crippen LogP contribution is 2.70. The van der Waals surface area contributed by atoms with E-state index in [1.165, 1.54) is 21.0 Å². The molecule has 29 atom stereocenters. The maximum Gasteiger partial charge on any atom is 0.302 e. The van der Waals surface area contributed by atoms with Gasteiger partial charge in [-0.05, 0) is 85.0 Å². The molecule has 3 saturated carbocycles. The van der Waals surface area contributed by atoms with Crippen molar-refractivity contribution in [1.82, 2.24) is 0 Å². The molecule has 4 aliphatic carbocycles. The highest BCUT2D eigenvalue weighted by molar-refractivity contribution is 5.80. The van der Waals surface area contributed by atoms with Crippen LogP contribution in [0.4, 0.5) is 0 Å². The molecule has 5 saturated heterocycles. The molecule has 9 aliphatic rings. The van der Waals surface area contributed by atoms with Crippen LogP contribution in [0.25, 0.3) is 0 Å². The van der Waals surface area contributed by atoms with E-state index in [1.807, 2.05) is 6.08 Å². The number of aliphatic hydroxyl groups excluding tert-OH is 7. The van der Waals surface area contributed by atoms with E-state index in [-0.39, 0.29) is 50.4 Å². The van der Waals surface area contributed by atoms with Crippen LogP contribution in [0.5, 0.6) is 0 Å². The van der Waals surface area contributed by atoms with Gasteiger partial charge in [0.15, 0.2) is 31.5 Å². The SMILES string of the molecule is CO[C@@H]1C[C@H](O[C@H]2[C@@H](O)C[C@H](O[C@H]3[C@@H](O)C[C@H](O[C@H]4[C@@H](O)C[C@H](O[C@H]5CC[C@@]6(C)C(=CC[C@]7(O)[C@@H]6C[C@@H](OC(C)=O)[C@]6(C)[C@H](C(C)=O)CC[C@@]67O)C5)O[C@@H]4C)O[C@@H]3C)O[C@@H]2C)O[C@H](C)[C@H]1O[C@@H]1O[C@H](CO)[C@@H](O)[C@H](O)[C@H]1O. The van der Waals surface area contributed by atoms with Gasteiger partial charge in [0, 0.05) is 57.0 Å². The van der Waals surface area contributed by atoms with Gasteiger partial charge in [-0.3, -0.25) is 9.59 Å². The number of methoxy groups -OCH3 is 1. The number of carbonyl (C=O) groups is 2. The molecule has 0 unspecified atom stereocenters. The fourth-order valence-electron chi connectivity index (χ4n) is 15.2. The number of carbonyl (C=O) groups excluding carboxylic acids is 2. The van der Waals surface area contributed by atoms with E-state index in [1.54, 1.807) is 34.6 Å². The van der Waals surface area contributed by atoms with Crippen LogP contribution in [0.15, 0.2) is 11.6 Å². The van der Waals surface area contributed by atoms with Crippen LogP contribution in [-0.2, 0) is 66.4 Å². The Kier molecular flexibility index (Phi) is 17.9. The zero-order chi connectivity index (χ0) is 55.8. The Balaban J connectivity index is 0.736. The standard InChI is InChI=1S/C54H86O23/c1-23(56)31-12-15-54(65)52(31,8)38(71-28(6)57)21-37-51(7)13-11-30(16-29(51)10-14-53(37,54)64)72-39-17-32(58)46(24(2)67-39)74-40-18-33(59)47(25(3)68-40)75-41-19-34(60)48(26(4)69-41)76-42-20-35(66-9)49(27(5)70-42)77-50-45(63)44(62)43(61)36(22-55)73-50/h10,24-27,30-50,55,58-65H,11-22H2,1-9H3/t24-,25-,26-,27-,30+,31+,32+,33+,34+,35-,36-,37-,38-,39+,40+,41+,42+,43-,44+,45-,46-,47-,48-,49-,50+,51+,52+,53+,54-/m1/s1. The molecule has 0 aromatic carbocycles. The lowest BCUT2D eigenvalue weighted by molar-refractivity contribution is -0.357. The number of hydrogen-bond acceptors (Lipinski definition) is 23. The molecular weight excluding hydrogens is 1020 g/mol. The van der Waals surface area contributed by atoms with Crippen LogP contribution < -0.4 is 0 Å². The van der Waals surface area contributed by atoms with Crippen molar-refractivity contribution in [2.75, 3.05) is 13.7 Å². The molecule has 5 heterocycles. The molecule has 23 nitrogen and oxygen atoms in total. The summed E-state index contributed by atoms with van der Waals surface area (Å²) in [5.41, 5.74) is -3.85. The summed E-state index contributed by atoms with van der Waals surface area (Å²) in [6.45, 7) is 13.0. The lowest BCUT2D eigenvalue weighted by atomic mass is 9.43. The summed E-state index contributed by atoms with van der Waals surface area (Å²) in [4.78, 5) is 25.5. The molecule has 8 fully saturated rings. The van der Waals surface area contributed by atoms with Crippen LogP contribution in [-0.4, -0.2) is 224 Å². The van der Waals surface area contributed by atoms with Gasteiger partial charge in [-0.1, -0.05) is 25.5 Å². The summed E-state index contributed by atoms with van der Waals surface area (Å²) in [7, 11) is 1.46. The van der Waals surface area contributed by atoms with Crippen molar-refractivity contribution in [2.24, 2.45) is 22.7 Å². The highest BCUT2D eigenvalue weighted by atomic mass is 16.8. The average Bonchev–Trinajstić information content (AvgIpc) is 3.98. The Morgan fingerprint density at radius 1 is 0.649 bits per heavy atom. The maximum atomic E-state index is 13.0. The minimum atomic E-state index is -1.66. The van der Waals surface area contributed by atoms with E-state index >= 15 is 0 Å². The zero-order valence-corrected chi connectivity index (χ0v) is 45.7. The second-order valence-corrected chi connectivity index (χ2v) is 24.1. The number of aliphatic hydroxyl groups is 9. The quantitative estimate of drug-likeness (QED) is 0.0834. The number of ketones is 1. The zero-order valence-electron chi connectivity index (χ0n) is 45.7. The summed E-state index contributed by atoms with van der Waals surface area (Å²) in [6, 6.07) is 0.